The number of carbonyl (C=O) groups is 1. The summed E-state index contributed by atoms with van der Waals surface area (Å²) < 4.78 is 10.9. The van der Waals surface area contributed by atoms with E-state index in [1.54, 1.807) is 21.3 Å². The van der Waals surface area contributed by atoms with Crippen molar-refractivity contribution in [2.45, 2.75) is 13.0 Å². The molecule has 0 saturated carbocycles. The Bertz CT molecular complexity index is 557. The molecule has 0 radical (unpaired) electrons. The first-order valence-electron chi connectivity index (χ1n) is 7.36. The number of ether oxygens (including phenoxy) is 2. The average Bonchev–Trinajstić information content (AvgIpc) is 2.58. The lowest BCUT2D eigenvalue weighted by atomic mass is 10.1. The summed E-state index contributed by atoms with van der Waals surface area (Å²) in [5.74, 6) is 1.34. The molecule has 0 spiro atoms. The van der Waals surface area contributed by atoms with Crippen molar-refractivity contribution in [1.82, 2.24) is 10.6 Å². The van der Waals surface area contributed by atoms with Crippen LogP contribution in [-0.4, -0.2) is 47.0 Å². The zero-order valence-electron chi connectivity index (χ0n) is 14.2. The summed E-state index contributed by atoms with van der Waals surface area (Å²) in [5, 5.41) is 5.61. The Kier molecular flexibility index (Phi) is 7.83. The van der Waals surface area contributed by atoms with Crippen LogP contribution in [0, 0.1) is 0 Å². The van der Waals surface area contributed by atoms with E-state index in [0.717, 1.165) is 22.6 Å². The van der Waals surface area contributed by atoms with E-state index in [1.807, 2.05) is 19.2 Å². The highest BCUT2D eigenvalue weighted by Crippen LogP contribution is 2.30. The topological polar surface area (TPSA) is 71.9 Å². The molecule has 0 heterocycles. The van der Waals surface area contributed by atoms with E-state index in [4.69, 9.17) is 9.47 Å². The fourth-order valence-corrected chi connectivity index (χ4v) is 2.12. The van der Waals surface area contributed by atoms with Crippen LogP contribution in [0.5, 0.6) is 11.5 Å². The Morgan fingerprint density at radius 3 is 2.35 bits per heavy atom. The van der Waals surface area contributed by atoms with Gasteiger partial charge in [0.15, 0.2) is 0 Å². The molecule has 6 nitrogen and oxygen atoms in total. The van der Waals surface area contributed by atoms with E-state index in [0.29, 0.717) is 25.1 Å². The molecule has 0 bridgehead atoms. The van der Waals surface area contributed by atoms with Gasteiger partial charge in [-0.2, -0.15) is 0 Å². The van der Waals surface area contributed by atoms with E-state index < -0.39 is 0 Å². The molecule has 1 aromatic carbocycles. The molecule has 0 saturated heterocycles. The van der Waals surface area contributed by atoms with Gasteiger partial charge >= 0.3 is 0 Å². The molecule has 23 heavy (non-hydrogen) atoms. The highest BCUT2D eigenvalue weighted by molar-refractivity contribution is 6.11. The van der Waals surface area contributed by atoms with Crippen LogP contribution >= 0.6 is 0 Å². The Morgan fingerprint density at radius 2 is 1.87 bits per heavy atom. The number of hydrogen-bond donors (Lipinski definition) is 2. The number of methoxy groups -OCH3 is 2. The monoisotopic (exact) mass is 319 g/mol. The summed E-state index contributed by atoms with van der Waals surface area (Å²) >= 11 is 0. The van der Waals surface area contributed by atoms with Gasteiger partial charge < -0.3 is 20.1 Å². The fourth-order valence-electron chi connectivity index (χ4n) is 2.12. The first kappa shape index (κ1) is 18.7. The largest absolute Gasteiger partial charge is 0.496 e. The minimum atomic E-state index is -0.228. The highest BCUT2D eigenvalue weighted by Gasteiger charge is 2.11. The van der Waals surface area contributed by atoms with E-state index in [-0.39, 0.29) is 5.91 Å². The van der Waals surface area contributed by atoms with Gasteiger partial charge in [0.1, 0.15) is 11.5 Å². The van der Waals surface area contributed by atoms with Gasteiger partial charge in [-0.25, -0.2) is 0 Å². The number of nitrogens with one attached hydrogen (secondary N) is 2. The minimum Gasteiger partial charge on any atom is -0.496 e. The number of nitrogens with zero attached hydrogens (tertiary/aromatic N) is 1. The van der Waals surface area contributed by atoms with Gasteiger partial charge in [0.05, 0.1) is 14.2 Å². The smallest absolute Gasteiger partial charge is 0.251 e. The lowest BCUT2D eigenvalue weighted by Crippen LogP contribution is -2.20. The number of rotatable bonds is 9. The van der Waals surface area contributed by atoms with Crippen molar-refractivity contribution in [3.05, 3.63) is 35.4 Å². The van der Waals surface area contributed by atoms with Gasteiger partial charge in [-0.1, -0.05) is 6.58 Å². The summed E-state index contributed by atoms with van der Waals surface area (Å²) in [5.41, 5.74) is 2.38. The fraction of sp³-hybridized carbons (Fsp3) is 0.412. The normalized spacial score (nSPS) is 10.6. The first-order valence-corrected chi connectivity index (χ1v) is 7.36. The lowest BCUT2D eigenvalue weighted by Gasteiger charge is -2.15. The van der Waals surface area contributed by atoms with Gasteiger partial charge in [0, 0.05) is 37.5 Å². The van der Waals surface area contributed by atoms with Crippen molar-refractivity contribution in [2.24, 2.45) is 4.99 Å². The zero-order valence-corrected chi connectivity index (χ0v) is 14.2. The quantitative estimate of drug-likeness (QED) is 0.532. The molecule has 6 heteroatoms. The summed E-state index contributed by atoms with van der Waals surface area (Å²) in [6, 6.07) is 3.97. The van der Waals surface area contributed by atoms with Crippen LogP contribution in [0.15, 0.2) is 29.3 Å². The predicted molar refractivity (Wildman–Crippen MR) is 92.6 cm³/mol. The lowest BCUT2D eigenvalue weighted by molar-refractivity contribution is -0.116. The van der Waals surface area contributed by atoms with E-state index in [9.17, 15) is 4.79 Å². The molecular formula is C17H25N3O3. The van der Waals surface area contributed by atoms with Gasteiger partial charge in [-0.3, -0.25) is 9.79 Å². The van der Waals surface area contributed by atoms with Crippen LogP contribution in [0.1, 0.15) is 11.1 Å². The zero-order chi connectivity index (χ0) is 17.2. The maximum absolute atomic E-state index is 11.3. The molecule has 2 N–H and O–H groups in total. The van der Waals surface area contributed by atoms with E-state index in [1.165, 1.54) is 6.21 Å². The standard InChI is InChI=1S/C17H25N3O3/c1-12(17(21)19-3)10-20-7-6-13-8-15(22-4)14(11-18-2)16(9-13)23-5/h8-10,18H,1,6-7,11H2,2-5H3,(H,19,21)/b20-10-. The molecule has 0 atom stereocenters. The SMILES string of the molecule is C=C(/C=N\CCc1cc(OC)c(CNC)c(OC)c1)C(=O)NC. The molecule has 0 aliphatic heterocycles. The molecule has 0 unspecified atom stereocenters. The van der Waals surface area contributed by atoms with Gasteiger partial charge in [0.2, 0.25) is 0 Å². The van der Waals surface area contributed by atoms with Crippen molar-refractivity contribution in [2.75, 3.05) is 34.9 Å². The van der Waals surface area contributed by atoms with Gasteiger partial charge in [-0.05, 0) is 31.2 Å². The van der Waals surface area contributed by atoms with Crippen LogP contribution in [0.4, 0.5) is 0 Å². The molecule has 0 fully saturated rings. The Balaban J connectivity index is 2.79. The maximum atomic E-state index is 11.3. The van der Waals surface area contributed by atoms with Crippen molar-refractivity contribution >= 4 is 12.1 Å². The number of amides is 1. The van der Waals surface area contributed by atoms with E-state index in [2.05, 4.69) is 22.2 Å². The van der Waals surface area contributed by atoms with Crippen LogP contribution < -0.4 is 20.1 Å². The minimum absolute atomic E-state index is 0.228. The third-order valence-electron chi connectivity index (χ3n) is 3.32. The second-order valence-corrected chi connectivity index (χ2v) is 4.90. The number of likely N-dealkylation sites (N-methyl/N-ethyl adjacent to an activating group) is 1. The summed E-state index contributed by atoms with van der Waals surface area (Å²) in [4.78, 5) is 15.5. The van der Waals surface area contributed by atoms with Crippen LogP contribution in [0.2, 0.25) is 0 Å². The second kappa shape index (κ2) is 9.63. The predicted octanol–water partition coefficient (Wildman–Crippen LogP) is 1.34. The van der Waals surface area contributed by atoms with Gasteiger partial charge in [0.25, 0.3) is 5.91 Å². The van der Waals surface area contributed by atoms with Crippen molar-refractivity contribution in [3.8, 4) is 11.5 Å². The molecule has 1 rings (SSSR count). The van der Waals surface area contributed by atoms with Crippen molar-refractivity contribution in [1.29, 1.82) is 0 Å². The van der Waals surface area contributed by atoms with Crippen LogP contribution in [0.25, 0.3) is 0 Å². The molecule has 126 valence electrons. The van der Waals surface area contributed by atoms with Crippen LogP contribution in [0.3, 0.4) is 0 Å². The maximum Gasteiger partial charge on any atom is 0.251 e. The average molecular weight is 319 g/mol. The summed E-state index contributed by atoms with van der Waals surface area (Å²) in [6.07, 6.45) is 2.20. The number of aliphatic imine (C=N–C) groups is 1. The summed E-state index contributed by atoms with van der Waals surface area (Å²) in [6.45, 7) is 4.86. The summed E-state index contributed by atoms with van der Waals surface area (Å²) in [7, 11) is 6.72. The third kappa shape index (κ3) is 5.41. The van der Waals surface area contributed by atoms with Crippen LogP contribution in [-0.2, 0) is 17.8 Å². The molecule has 0 aromatic heterocycles. The Morgan fingerprint density at radius 1 is 1.26 bits per heavy atom. The Hall–Kier alpha value is -2.34. The molecule has 0 aliphatic carbocycles. The molecule has 1 amide bonds. The van der Waals surface area contributed by atoms with Crippen molar-refractivity contribution in [3.63, 3.8) is 0 Å². The number of hydrogen-bond acceptors (Lipinski definition) is 5. The number of carbonyl (C=O) groups excluding carboxylic acids is 1. The highest BCUT2D eigenvalue weighted by atomic mass is 16.5. The van der Waals surface area contributed by atoms with E-state index >= 15 is 0 Å². The molecule has 1 aromatic rings. The van der Waals surface area contributed by atoms with Crippen molar-refractivity contribution < 1.29 is 14.3 Å². The molecular weight excluding hydrogens is 294 g/mol. The molecule has 0 aliphatic rings. The first-order chi connectivity index (χ1) is 11.1. The Labute approximate surface area is 137 Å². The number of benzene rings is 1. The van der Waals surface area contributed by atoms with Gasteiger partial charge in [-0.15, -0.1) is 0 Å². The second-order valence-electron chi connectivity index (χ2n) is 4.90. The third-order valence-corrected chi connectivity index (χ3v) is 3.32.